The first-order chi connectivity index (χ1) is 30.0. The van der Waals surface area contributed by atoms with Crippen LogP contribution in [-0.4, -0.2) is 37.2 Å². The van der Waals surface area contributed by atoms with Crippen LogP contribution in [0.15, 0.2) is 85.1 Å². The second-order valence-corrected chi connectivity index (χ2v) is 16.4. The fraction of sp³-hybridized carbons (Fsp3) is 0.691. The van der Waals surface area contributed by atoms with E-state index >= 15 is 0 Å². The molecule has 0 spiro atoms. The standard InChI is InChI=1S/C55H92O6/c1-4-7-10-13-16-19-22-24-25-26-27-28-29-31-33-36-39-42-45-48-54(57)60-51-52(50-59-53(56)47-44-41-38-35-32-21-18-15-12-9-6-3)61-55(58)49-46-43-40-37-34-30-23-20-17-14-11-8-5-2/h7-8,10-11,14-20,23-25,52H,4-6,9,12-13,21-22,26-51H2,1-3H3/b10-7-,11-8-,17-14-,18-15-,19-16-,23-20-,25-24-. The third-order valence-corrected chi connectivity index (χ3v) is 10.4. The maximum Gasteiger partial charge on any atom is 0.306 e. The van der Waals surface area contributed by atoms with Gasteiger partial charge in [0.15, 0.2) is 6.10 Å². The summed E-state index contributed by atoms with van der Waals surface area (Å²) < 4.78 is 16.7. The van der Waals surface area contributed by atoms with Gasteiger partial charge in [-0.15, -0.1) is 0 Å². The van der Waals surface area contributed by atoms with Gasteiger partial charge in [-0.3, -0.25) is 14.4 Å². The van der Waals surface area contributed by atoms with Crippen LogP contribution in [0.3, 0.4) is 0 Å². The van der Waals surface area contributed by atoms with Gasteiger partial charge in [-0.2, -0.15) is 0 Å². The van der Waals surface area contributed by atoms with E-state index in [1.54, 1.807) is 0 Å². The van der Waals surface area contributed by atoms with Crippen molar-refractivity contribution in [3.8, 4) is 0 Å². The normalized spacial score (nSPS) is 12.8. The fourth-order valence-corrected chi connectivity index (χ4v) is 6.67. The molecule has 1 unspecified atom stereocenters. The molecule has 61 heavy (non-hydrogen) atoms. The second-order valence-electron chi connectivity index (χ2n) is 16.4. The smallest absolute Gasteiger partial charge is 0.306 e. The lowest BCUT2D eigenvalue weighted by Crippen LogP contribution is -2.30. The quantitative estimate of drug-likeness (QED) is 0.0200. The van der Waals surface area contributed by atoms with Gasteiger partial charge in [-0.05, 0) is 89.9 Å². The van der Waals surface area contributed by atoms with Gasteiger partial charge >= 0.3 is 17.9 Å². The predicted molar refractivity (Wildman–Crippen MR) is 261 cm³/mol. The number of rotatable bonds is 44. The first-order valence-electron chi connectivity index (χ1n) is 25.1. The fourth-order valence-electron chi connectivity index (χ4n) is 6.67. The molecule has 0 amide bonds. The van der Waals surface area contributed by atoms with E-state index in [-0.39, 0.29) is 31.1 Å². The van der Waals surface area contributed by atoms with Gasteiger partial charge in [0.25, 0.3) is 0 Å². The Kier molecular flexibility index (Phi) is 46.5. The zero-order valence-corrected chi connectivity index (χ0v) is 39.7. The van der Waals surface area contributed by atoms with Crippen LogP contribution in [0.2, 0.25) is 0 Å². The van der Waals surface area contributed by atoms with E-state index in [2.05, 4.69) is 106 Å². The molecule has 0 aliphatic rings. The summed E-state index contributed by atoms with van der Waals surface area (Å²) in [5.74, 6) is -0.930. The molecule has 0 aromatic carbocycles. The Morgan fingerprint density at radius 2 is 0.721 bits per heavy atom. The lowest BCUT2D eigenvalue weighted by Gasteiger charge is -2.18. The molecule has 0 bridgehead atoms. The van der Waals surface area contributed by atoms with Crippen molar-refractivity contribution in [1.29, 1.82) is 0 Å². The van der Waals surface area contributed by atoms with Crippen LogP contribution >= 0.6 is 0 Å². The zero-order valence-electron chi connectivity index (χ0n) is 39.7. The highest BCUT2D eigenvalue weighted by atomic mass is 16.6. The monoisotopic (exact) mass is 849 g/mol. The summed E-state index contributed by atoms with van der Waals surface area (Å²) in [6.45, 7) is 6.32. The summed E-state index contributed by atoms with van der Waals surface area (Å²) in [6, 6.07) is 0. The first kappa shape index (κ1) is 57.6. The van der Waals surface area contributed by atoms with Crippen molar-refractivity contribution >= 4 is 17.9 Å². The average Bonchev–Trinajstić information content (AvgIpc) is 3.26. The van der Waals surface area contributed by atoms with E-state index in [0.29, 0.717) is 19.3 Å². The number of ether oxygens (including phenoxy) is 3. The highest BCUT2D eigenvalue weighted by molar-refractivity contribution is 5.71. The minimum atomic E-state index is -0.791. The van der Waals surface area contributed by atoms with Gasteiger partial charge in [0.2, 0.25) is 0 Å². The molecule has 0 rings (SSSR count). The van der Waals surface area contributed by atoms with Crippen LogP contribution in [0.4, 0.5) is 0 Å². The van der Waals surface area contributed by atoms with E-state index in [4.69, 9.17) is 14.2 Å². The molecule has 0 saturated heterocycles. The maximum absolute atomic E-state index is 12.8. The molecule has 0 radical (unpaired) electrons. The van der Waals surface area contributed by atoms with Crippen LogP contribution in [-0.2, 0) is 28.6 Å². The first-order valence-corrected chi connectivity index (χ1v) is 25.1. The van der Waals surface area contributed by atoms with Crippen LogP contribution in [0.5, 0.6) is 0 Å². The molecular weight excluding hydrogens is 757 g/mol. The molecule has 0 aromatic heterocycles. The minimum Gasteiger partial charge on any atom is -0.462 e. The Balaban J connectivity index is 4.37. The molecule has 6 heteroatoms. The van der Waals surface area contributed by atoms with Crippen molar-refractivity contribution < 1.29 is 28.6 Å². The molecule has 6 nitrogen and oxygen atoms in total. The number of hydrogen-bond acceptors (Lipinski definition) is 6. The average molecular weight is 849 g/mol. The van der Waals surface area contributed by atoms with E-state index in [1.165, 1.54) is 77.0 Å². The second kappa shape index (κ2) is 49.2. The molecule has 1 atom stereocenters. The van der Waals surface area contributed by atoms with Crippen molar-refractivity contribution in [2.24, 2.45) is 0 Å². The number of unbranched alkanes of at least 4 members (excludes halogenated alkanes) is 21. The largest absolute Gasteiger partial charge is 0.462 e. The number of carbonyl (C=O) groups excluding carboxylic acids is 3. The van der Waals surface area contributed by atoms with Gasteiger partial charge in [-0.25, -0.2) is 0 Å². The Labute approximate surface area is 375 Å². The van der Waals surface area contributed by atoms with E-state index < -0.39 is 6.10 Å². The third kappa shape index (κ3) is 47.5. The van der Waals surface area contributed by atoms with Gasteiger partial charge in [0, 0.05) is 19.3 Å². The summed E-state index contributed by atoms with van der Waals surface area (Å²) in [5.41, 5.74) is 0. The molecule has 0 N–H and O–H groups in total. The number of carbonyl (C=O) groups is 3. The van der Waals surface area contributed by atoms with Gasteiger partial charge in [0.1, 0.15) is 13.2 Å². The number of allylic oxidation sites excluding steroid dienone is 14. The summed E-state index contributed by atoms with van der Waals surface area (Å²) >= 11 is 0. The highest BCUT2D eigenvalue weighted by Crippen LogP contribution is 2.14. The van der Waals surface area contributed by atoms with Crippen LogP contribution in [0.1, 0.15) is 226 Å². The molecule has 0 saturated carbocycles. The van der Waals surface area contributed by atoms with Crippen molar-refractivity contribution in [3.63, 3.8) is 0 Å². The molecular formula is C55H92O6. The predicted octanol–water partition coefficient (Wildman–Crippen LogP) is 16.4. The Hall–Kier alpha value is -3.41. The van der Waals surface area contributed by atoms with E-state index in [9.17, 15) is 14.4 Å². The Morgan fingerprint density at radius 1 is 0.361 bits per heavy atom. The lowest BCUT2D eigenvalue weighted by molar-refractivity contribution is -0.167. The lowest BCUT2D eigenvalue weighted by atomic mass is 10.1. The topological polar surface area (TPSA) is 78.9 Å². The van der Waals surface area contributed by atoms with Crippen LogP contribution in [0, 0.1) is 0 Å². The molecule has 0 heterocycles. The maximum atomic E-state index is 12.8. The van der Waals surface area contributed by atoms with Gasteiger partial charge in [0.05, 0.1) is 0 Å². The summed E-state index contributed by atoms with van der Waals surface area (Å²) in [6.07, 6.45) is 62.8. The molecule has 0 fully saturated rings. The summed E-state index contributed by atoms with van der Waals surface area (Å²) in [7, 11) is 0. The third-order valence-electron chi connectivity index (χ3n) is 10.4. The van der Waals surface area contributed by atoms with E-state index in [1.807, 2.05) is 0 Å². The zero-order chi connectivity index (χ0) is 44.4. The van der Waals surface area contributed by atoms with Crippen molar-refractivity contribution in [2.45, 2.75) is 232 Å². The van der Waals surface area contributed by atoms with Gasteiger partial charge in [-0.1, -0.05) is 202 Å². The summed E-state index contributed by atoms with van der Waals surface area (Å²) in [4.78, 5) is 37.9. The van der Waals surface area contributed by atoms with Crippen LogP contribution in [0.25, 0.3) is 0 Å². The van der Waals surface area contributed by atoms with Gasteiger partial charge < -0.3 is 14.2 Å². The Morgan fingerprint density at radius 3 is 1.20 bits per heavy atom. The number of esters is 3. The number of hydrogen-bond donors (Lipinski definition) is 0. The minimum absolute atomic E-state index is 0.0911. The highest BCUT2D eigenvalue weighted by Gasteiger charge is 2.19. The molecule has 0 aliphatic heterocycles. The van der Waals surface area contributed by atoms with Crippen molar-refractivity contribution in [2.75, 3.05) is 13.2 Å². The molecule has 348 valence electrons. The van der Waals surface area contributed by atoms with Crippen LogP contribution < -0.4 is 0 Å². The SMILES string of the molecule is CC\C=C/C=C\C=C/CCCCCCCC(=O)OC(COC(=O)CCCCCCC/C=C\CCCC)COC(=O)CCCCCCCCCCC/C=C\C/C=C\C/C=C\CC. The molecule has 0 aromatic rings. The molecule has 0 aliphatic carbocycles. The van der Waals surface area contributed by atoms with E-state index in [0.717, 1.165) is 109 Å². The van der Waals surface area contributed by atoms with Crippen molar-refractivity contribution in [3.05, 3.63) is 85.1 Å². The summed E-state index contributed by atoms with van der Waals surface area (Å²) in [5, 5.41) is 0. The Bertz CT molecular complexity index is 1200. The van der Waals surface area contributed by atoms with Crippen molar-refractivity contribution in [1.82, 2.24) is 0 Å².